The summed E-state index contributed by atoms with van der Waals surface area (Å²) in [5.74, 6) is 0.442. The first-order chi connectivity index (χ1) is 12.1. The zero-order chi connectivity index (χ0) is 17.6. The number of aliphatic imine (C=N–C) groups is 1. The quantitative estimate of drug-likeness (QED) is 0.439. The number of carbonyl (C=O) groups excluding carboxylic acids is 1. The average molecular weight is 349 g/mol. The Morgan fingerprint density at radius 1 is 0.840 bits per heavy atom. The molecule has 0 saturated carbocycles. The van der Waals surface area contributed by atoms with Crippen LogP contribution in [0.25, 0.3) is 0 Å². The SMILES string of the molecule is CC(=Nc1ccccc1)N(C(=O)c1ccc(Cl)cc1)c1ccccc1. The molecule has 0 aromatic heterocycles. The van der Waals surface area contributed by atoms with E-state index in [2.05, 4.69) is 4.99 Å². The van der Waals surface area contributed by atoms with Gasteiger partial charge in [-0.3, -0.25) is 9.69 Å². The normalized spacial score (nSPS) is 11.2. The standard InChI is InChI=1S/C21H17ClN2O/c1-16(23-19-8-4-2-5-9-19)24(20-10-6-3-7-11-20)21(25)17-12-14-18(22)15-13-17/h2-15H,1H3. The van der Waals surface area contributed by atoms with Gasteiger partial charge < -0.3 is 0 Å². The number of halogens is 1. The molecule has 0 saturated heterocycles. The van der Waals surface area contributed by atoms with E-state index in [4.69, 9.17) is 11.6 Å². The number of anilines is 1. The minimum absolute atomic E-state index is 0.153. The van der Waals surface area contributed by atoms with Gasteiger partial charge in [0.1, 0.15) is 5.84 Å². The summed E-state index contributed by atoms with van der Waals surface area (Å²) in [5, 5.41) is 0.595. The Balaban J connectivity index is 2.02. The molecule has 0 fully saturated rings. The highest BCUT2D eigenvalue weighted by atomic mass is 35.5. The average Bonchev–Trinajstić information content (AvgIpc) is 2.64. The van der Waals surface area contributed by atoms with Gasteiger partial charge in [-0.2, -0.15) is 0 Å². The van der Waals surface area contributed by atoms with Crippen LogP contribution in [0.5, 0.6) is 0 Å². The van der Waals surface area contributed by atoms with Crippen molar-refractivity contribution in [1.82, 2.24) is 0 Å². The van der Waals surface area contributed by atoms with E-state index in [0.29, 0.717) is 16.4 Å². The summed E-state index contributed by atoms with van der Waals surface area (Å²) in [6.07, 6.45) is 0. The molecule has 0 aliphatic heterocycles. The third-order valence-electron chi connectivity index (χ3n) is 3.68. The Morgan fingerprint density at radius 2 is 1.40 bits per heavy atom. The molecule has 3 nitrogen and oxygen atoms in total. The van der Waals surface area contributed by atoms with Crippen molar-refractivity contribution >= 4 is 34.7 Å². The Bertz CT molecular complexity index is 875. The second-order valence-corrected chi connectivity index (χ2v) is 5.91. The fraction of sp³-hybridized carbons (Fsp3) is 0.0476. The highest BCUT2D eigenvalue weighted by Gasteiger charge is 2.20. The monoisotopic (exact) mass is 348 g/mol. The van der Waals surface area contributed by atoms with Gasteiger partial charge in [-0.1, -0.05) is 48.0 Å². The molecule has 3 aromatic rings. The van der Waals surface area contributed by atoms with E-state index >= 15 is 0 Å². The lowest BCUT2D eigenvalue weighted by Crippen LogP contribution is -2.35. The van der Waals surface area contributed by atoms with E-state index in [1.807, 2.05) is 67.6 Å². The molecule has 0 heterocycles. The van der Waals surface area contributed by atoms with Crippen LogP contribution in [0.15, 0.2) is 89.9 Å². The summed E-state index contributed by atoms with van der Waals surface area (Å²) in [5.41, 5.74) is 2.11. The highest BCUT2D eigenvalue weighted by Crippen LogP contribution is 2.21. The van der Waals surface area contributed by atoms with E-state index < -0.39 is 0 Å². The molecule has 0 radical (unpaired) electrons. The molecule has 3 aromatic carbocycles. The fourth-order valence-electron chi connectivity index (χ4n) is 2.49. The minimum Gasteiger partial charge on any atom is -0.268 e. The van der Waals surface area contributed by atoms with E-state index in [-0.39, 0.29) is 5.91 Å². The molecule has 124 valence electrons. The summed E-state index contributed by atoms with van der Waals surface area (Å²) < 4.78 is 0. The van der Waals surface area contributed by atoms with Crippen molar-refractivity contribution in [2.75, 3.05) is 4.90 Å². The zero-order valence-electron chi connectivity index (χ0n) is 13.8. The van der Waals surface area contributed by atoms with Gasteiger partial charge in [-0.15, -0.1) is 0 Å². The number of amides is 1. The lowest BCUT2D eigenvalue weighted by Gasteiger charge is -2.22. The first kappa shape index (κ1) is 16.9. The molecular formula is C21H17ClN2O. The Morgan fingerprint density at radius 3 is 2.00 bits per heavy atom. The van der Waals surface area contributed by atoms with Gasteiger partial charge in [-0.25, -0.2) is 4.99 Å². The van der Waals surface area contributed by atoms with E-state index in [0.717, 1.165) is 11.4 Å². The number of amidine groups is 1. The minimum atomic E-state index is -0.153. The van der Waals surface area contributed by atoms with Gasteiger partial charge in [0.25, 0.3) is 5.91 Å². The van der Waals surface area contributed by atoms with Gasteiger partial charge in [0.2, 0.25) is 0 Å². The van der Waals surface area contributed by atoms with Crippen molar-refractivity contribution in [3.05, 3.63) is 95.5 Å². The van der Waals surface area contributed by atoms with Crippen molar-refractivity contribution in [3.8, 4) is 0 Å². The van der Waals surface area contributed by atoms with Crippen molar-refractivity contribution in [2.45, 2.75) is 6.92 Å². The second kappa shape index (κ2) is 7.77. The van der Waals surface area contributed by atoms with Crippen molar-refractivity contribution in [2.24, 2.45) is 4.99 Å². The summed E-state index contributed by atoms with van der Waals surface area (Å²) >= 11 is 5.93. The molecule has 0 N–H and O–H groups in total. The number of rotatable bonds is 3. The Kier molecular flexibility index (Phi) is 5.26. The largest absolute Gasteiger partial charge is 0.268 e. The van der Waals surface area contributed by atoms with Crippen LogP contribution in [0.1, 0.15) is 17.3 Å². The lowest BCUT2D eigenvalue weighted by molar-refractivity contribution is 0.100. The Hall–Kier alpha value is -2.91. The van der Waals surface area contributed by atoms with Crippen molar-refractivity contribution in [3.63, 3.8) is 0 Å². The number of nitrogens with zero attached hydrogens (tertiary/aromatic N) is 2. The van der Waals surface area contributed by atoms with Gasteiger partial charge >= 0.3 is 0 Å². The molecule has 4 heteroatoms. The van der Waals surface area contributed by atoms with Crippen LogP contribution in [0.4, 0.5) is 11.4 Å². The molecule has 0 spiro atoms. The zero-order valence-corrected chi connectivity index (χ0v) is 14.5. The molecule has 0 atom stereocenters. The maximum absolute atomic E-state index is 13.1. The van der Waals surface area contributed by atoms with E-state index in [9.17, 15) is 4.79 Å². The van der Waals surface area contributed by atoms with Crippen LogP contribution < -0.4 is 4.90 Å². The summed E-state index contributed by atoms with van der Waals surface area (Å²) in [4.78, 5) is 19.3. The summed E-state index contributed by atoms with van der Waals surface area (Å²) in [6.45, 7) is 1.83. The third-order valence-corrected chi connectivity index (χ3v) is 3.93. The molecular weight excluding hydrogens is 332 g/mol. The van der Waals surface area contributed by atoms with Crippen LogP contribution in [0.2, 0.25) is 5.02 Å². The van der Waals surface area contributed by atoms with E-state index in [1.54, 1.807) is 29.2 Å². The van der Waals surface area contributed by atoms with Gasteiger partial charge in [-0.05, 0) is 55.5 Å². The summed E-state index contributed by atoms with van der Waals surface area (Å²) in [7, 11) is 0. The van der Waals surface area contributed by atoms with Gasteiger partial charge in [0.15, 0.2) is 0 Å². The van der Waals surface area contributed by atoms with Crippen LogP contribution in [0, 0.1) is 0 Å². The summed E-state index contributed by atoms with van der Waals surface area (Å²) in [6, 6.07) is 25.9. The number of carbonyl (C=O) groups is 1. The smallest absolute Gasteiger partial charge is 0.263 e. The number of para-hydroxylation sites is 2. The molecule has 0 unspecified atom stereocenters. The van der Waals surface area contributed by atoms with Crippen LogP contribution in [0.3, 0.4) is 0 Å². The number of hydrogen-bond donors (Lipinski definition) is 0. The third kappa shape index (κ3) is 4.14. The van der Waals surface area contributed by atoms with Crippen LogP contribution in [-0.2, 0) is 0 Å². The fourth-order valence-corrected chi connectivity index (χ4v) is 2.62. The number of benzene rings is 3. The lowest BCUT2D eigenvalue weighted by atomic mass is 10.1. The predicted molar refractivity (Wildman–Crippen MR) is 104 cm³/mol. The molecule has 0 aliphatic carbocycles. The first-order valence-corrected chi connectivity index (χ1v) is 8.28. The van der Waals surface area contributed by atoms with Crippen LogP contribution >= 0.6 is 11.6 Å². The molecule has 0 aliphatic rings. The maximum atomic E-state index is 13.1. The van der Waals surface area contributed by atoms with Gasteiger partial charge in [0.05, 0.1) is 11.4 Å². The predicted octanol–water partition coefficient (Wildman–Crippen LogP) is 5.74. The van der Waals surface area contributed by atoms with Crippen molar-refractivity contribution in [1.29, 1.82) is 0 Å². The first-order valence-electron chi connectivity index (χ1n) is 7.90. The second-order valence-electron chi connectivity index (χ2n) is 5.48. The number of hydrogen-bond acceptors (Lipinski definition) is 2. The molecule has 1 amide bonds. The topological polar surface area (TPSA) is 32.7 Å². The molecule has 3 rings (SSSR count). The molecule has 25 heavy (non-hydrogen) atoms. The Labute approximate surface area is 152 Å². The van der Waals surface area contributed by atoms with Crippen LogP contribution in [-0.4, -0.2) is 11.7 Å². The van der Waals surface area contributed by atoms with Crippen molar-refractivity contribution < 1.29 is 4.79 Å². The highest BCUT2D eigenvalue weighted by molar-refractivity contribution is 6.31. The van der Waals surface area contributed by atoms with E-state index in [1.165, 1.54) is 0 Å². The van der Waals surface area contributed by atoms with Gasteiger partial charge in [0, 0.05) is 10.6 Å². The molecule has 0 bridgehead atoms. The maximum Gasteiger partial charge on any atom is 0.263 e.